The minimum absolute atomic E-state index is 0.450. The zero-order valence-corrected chi connectivity index (χ0v) is 11.0. The fourth-order valence-electron chi connectivity index (χ4n) is 1.69. The number of hydrogen-bond acceptors (Lipinski definition) is 4. The number of rotatable bonds is 6. The van der Waals surface area contributed by atoms with Crippen LogP contribution in [0.1, 0.15) is 51.8 Å². The van der Waals surface area contributed by atoms with Crippen LogP contribution in [0.25, 0.3) is 0 Å². The summed E-state index contributed by atoms with van der Waals surface area (Å²) in [6, 6.07) is 2.45. The molecule has 0 radical (unpaired) electrons. The molecule has 94 valence electrons. The third kappa shape index (κ3) is 3.32. The van der Waals surface area contributed by atoms with Crippen LogP contribution in [0.3, 0.4) is 0 Å². The monoisotopic (exact) mass is 234 g/mol. The first-order chi connectivity index (χ1) is 8.22. The third-order valence-corrected chi connectivity index (χ3v) is 3.05. The highest BCUT2D eigenvalue weighted by atomic mass is 15.1. The van der Waals surface area contributed by atoms with Gasteiger partial charge in [0, 0.05) is 24.6 Å². The van der Waals surface area contributed by atoms with E-state index in [1.165, 1.54) is 12.8 Å². The normalized spacial score (nSPS) is 16.6. The van der Waals surface area contributed by atoms with Crippen molar-refractivity contribution in [2.24, 2.45) is 0 Å². The zero-order chi connectivity index (χ0) is 12.3. The third-order valence-electron chi connectivity index (χ3n) is 3.05. The van der Waals surface area contributed by atoms with Gasteiger partial charge in [0.25, 0.3) is 0 Å². The summed E-state index contributed by atoms with van der Waals surface area (Å²) in [6.07, 6.45) is 3.57. The molecule has 0 saturated heterocycles. The average Bonchev–Trinajstić information content (AvgIpc) is 3.12. The second-order valence-electron chi connectivity index (χ2n) is 4.75. The van der Waals surface area contributed by atoms with Gasteiger partial charge in [-0.2, -0.15) is 0 Å². The van der Waals surface area contributed by atoms with Gasteiger partial charge >= 0.3 is 0 Å². The van der Waals surface area contributed by atoms with Crippen LogP contribution in [-0.2, 0) is 0 Å². The van der Waals surface area contributed by atoms with Crippen molar-refractivity contribution in [2.45, 2.75) is 52.0 Å². The van der Waals surface area contributed by atoms with Crippen LogP contribution in [-0.4, -0.2) is 22.6 Å². The highest BCUT2D eigenvalue weighted by molar-refractivity contribution is 5.48. The van der Waals surface area contributed by atoms with Gasteiger partial charge in [0.1, 0.15) is 17.5 Å². The Balaban J connectivity index is 2.17. The summed E-state index contributed by atoms with van der Waals surface area (Å²) in [5.74, 6) is 3.47. The molecular weight excluding hydrogens is 212 g/mol. The Morgan fingerprint density at radius 3 is 2.59 bits per heavy atom. The van der Waals surface area contributed by atoms with E-state index in [4.69, 9.17) is 0 Å². The van der Waals surface area contributed by atoms with Crippen molar-refractivity contribution in [3.63, 3.8) is 0 Å². The van der Waals surface area contributed by atoms with Crippen molar-refractivity contribution < 1.29 is 0 Å². The molecule has 1 aliphatic carbocycles. The number of nitrogens with one attached hydrogen (secondary N) is 2. The lowest BCUT2D eigenvalue weighted by molar-refractivity contribution is 0.755. The van der Waals surface area contributed by atoms with E-state index in [9.17, 15) is 0 Å². The molecule has 2 rings (SSSR count). The maximum atomic E-state index is 4.60. The van der Waals surface area contributed by atoms with Crippen molar-refractivity contribution in [1.29, 1.82) is 0 Å². The Labute approximate surface area is 103 Å². The molecule has 1 atom stereocenters. The van der Waals surface area contributed by atoms with Crippen molar-refractivity contribution in [3.8, 4) is 0 Å². The average molecular weight is 234 g/mol. The maximum absolute atomic E-state index is 4.60. The molecule has 0 aliphatic heterocycles. The predicted octanol–water partition coefficient (Wildman–Crippen LogP) is 3.00. The van der Waals surface area contributed by atoms with Gasteiger partial charge < -0.3 is 10.6 Å². The molecule has 1 unspecified atom stereocenters. The molecule has 0 spiro atoms. The Morgan fingerprint density at radius 1 is 1.29 bits per heavy atom. The molecule has 0 bridgehead atoms. The molecule has 1 aromatic rings. The summed E-state index contributed by atoms with van der Waals surface area (Å²) in [5, 5.41) is 6.69. The molecular formula is C13H22N4. The molecule has 0 aromatic carbocycles. The zero-order valence-electron chi connectivity index (χ0n) is 11.0. The van der Waals surface area contributed by atoms with Crippen LogP contribution in [0, 0.1) is 0 Å². The van der Waals surface area contributed by atoms with Crippen molar-refractivity contribution in [3.05, 3.63) is 11.9 Å². The molecule has 4 heteroatoms. The first-order valence-electron chi connectivity index (χ1n) is 6.62. The van der Waals surface area contributed by atoms with E-state index < -0.39 is 0 Å². The number of aromatic nitrogens is 2. The first-order valence-corrected chi connectivity index (χ1v) is 6.62. The molecule has 1 aliphatic rings. The number of anilines is 2. The molecule has 1 saturated carbocycles. The fraction of sp³-hybridized carbons (Fsp3) is 0.692. The van der Waals surface area contributed by atoms with Crippen LogP contribution in [0.15, 0.2) is 6.07 Å². The van der Waals surface area contributed by atoms with Crippen LogP contribution < -0.4 is 10.6 Å². The van der Waals surface area contributed by atoms with E-state index >= 15 is 0 Å². The quantitative estimate of drug-likeness (QED) is 0.794. The van der Waals surface area contributed by atoms with Gasteiger partial charge in [-0.3, -0.25) is 0 Å². The van der Waals surface area contributed by atoms with E-state index in [1.807, 2.05) is 6.07 Å². The standard InChI is InChI=1S/C13H22N4/c1-4-9(3)15-12-8-11(14-5-2)16-13(17-12)10-6-7-10/h8-10H,4-7H2,1-3H3,(H2,14,15,16,17). The van der Waals surface area contributed by atoms with E-state index in [0.29, 0.717) is 12.0 Å². The van der Waals surface area contributed by atoms with Gasteiger partial charge in [0.05, 0.1) is 0 Å². The van der Waals surface area contributed by atoms with E-state index in [1.54, 1.807) is 0 Å². The Morgan fingerprint density at radius 2 is 2.00 bits per heavy atom. The van der Waals surface area contributed by atoms with Gasteiger partial charge in [0.15, 0.2) is 0 Å². The summed E-state index contributed by atoms with van der Waals surface area (Å²) >= 11 is 0. The largest absolute Gasteiger partial charge is 0.370 e. The molecule has 0 amide bonds. The van der Waals surface area contributed by atoms with Crippen molar-refractivity contribution in [2.75, 3.05) is 17.2 Å². The van der Waals surface area contributed by atoms with Gasteiger partial charge in [-0.15, -0.1) is 0 Å². The van der Waals surface area contributed by atoms with Crippen LogP contribution in [0.4, 0.5) is 11.6 Å². The predicted molar refractivity (Wildman–Crippen MR) is 71.5 cm³/mol. The van der Waals surface area contributed by atoms with Crippen molar-refractivity contribution in [1.82, 2.24) is 9.97 Å². The summed E-state index contributed by atoms with van der Waals surface area (Å²) in [4.78, 5) is 9.16. The second kappa shape index (κ2) is 5.34. The Bertz CT molecular complexity index is 374. The maximum Gasteiger partial charge on any atom is 0.136 e. The topological polar surface area (TPSA) is 49.8 Å². The van der Waals surface area contributed by atoms with E-state index in [2.05, 4.69) is 41.4 Å². The van der Waals surface area contributed by atoms with Crippen LogP contribution in [0.5, 0.6) is 0 Å². The Kier molecular flexibility index (Phi) is 3.82. The van der Waals surface area contributed by atoms with Gasteiger partial charge in [-0.05, 0) is 33.1 Å². The fourth-order valence-corrected chi connectivity index (χ4v) is 1.69. The first kappa shape index (κ1) is 12.1. The van der Waals surface area contributed by atoms with E-state index in [-0.39, 0.29) is 0 Å². The molecule has 4 nitrogen and oxygen atoms in total. The number of hydrogen-bond donors (Lipinski definition) is 2. The smallest absolute Gasteiger partial charge is 0.136 e. The molecule has 1 fully saturated rings. The second-order valence-corrected chi connectivity index (χ2v) is 4.75. The van der Waals surface area contributed by atoms with Gasteiger partial charge in [0.2, 0.25) is 0 Å². The molecule has 1 aromatic heterocycles. The lowest BCUT2D eigenvalue weighted by atomic mass is 10.2. The molecule has 2 N–H and O–H groups in total. The van der Waals surface area contributed by atoms with Crippen molar-refractivity contribution >= 4 is 11.6 Å². The summed E-state index contributed by atoms with van der Waals surface area (Å²) in [7, 11) is 0. The van der Waals surface area contributed by atoms with Gasteiger partial charge in [-0.25, -0.2) is 9.97 Å². The highest BCUT2D eigenvalue weighted by Gasteiger charge is 2.27. The molecule has 17 heavy (non-hydrogen) atoms. The summed E-state index contributed by atoms with van der Waals surface area (Å²) < 4.78 is 0. The lowest BCUT2D eigenvalue weighted by Gasteiger charge is -2.14. The molecule has 1 heterocycles. The van der Waals surface area contributed by atoms with Gasteiger partial charge in [-0.1, -0.05) is 6.92 Å². The lowest BCUT2D eigenvalue weighted by Crippen LogP contribution is -2.16. The SMILES string of the molecule is CCNc1cc(NC(C)CC)nc(C2CC2)n1. The van der Waals surface area contributed by atoms with E-state index in [0.717, 1.165) is 30.4 Å². The minimum atomic E-state index is 0.450. The number of nitrogens with zero attached hydrogens (tertiary/aromatic N) is 2. The summed E-state index contributed by atoms with van der Waals surface area (Å²) in [6.45, 7) is 7.32. The van der Waals surface area contributed by atoms with Crippen LogP contribution >= 0.6 is 0 Å². The Hall–Kier alpha value is -1.32. The van der Waals surface area contributed by atoms with Crippen LogP contribution in [0.2, 0.25) is 0 Å². The summed E-state index contributed by atoms with van der Waals surface area (Å²) in [5.41, 5.74) is 0. The highest BCUT2D eigenvalue weighted by Crippen LogP contribution is 2.38. The minimum Gasteiger partial charge on any atom is -0.370 e.